The summed E-state index contributed by atoms with van der Waals surface area (Å²) in [5.41, 5.74) is 1.52. The Kier molecular flexibility index (Phi) is 5.35. The average Bonchev–Trinajstić information content (AvgIpc) is 3.16. The molecule has 0 bridgehead atoms. The molecule has 130 valence electrons. The van der Waals surface area contributed by atoms with Gasteiger partial charge in [-0.25, -0.2) is 4.39 Å². The third-order valence-electron chi connectivity index (χ3n) is 3.77. The summed E-state index contributed by atoms with van der Waals surface area (Å²) in [5.74, 6) is -0.604. The summed E-state index contributed by atoms with van der Waals surface area (Å²) in [6.07, 6.45) is 4.11. The van der Waals surface area contributed by atoms with Crippen molar-refractivity contribution in [3.63, 3.8) is 0 Å². The normalized spacial score (nSPS) is 16.2. The van der Waals surface area contributed by atoms with Gasteiger partial charge in [0.05, 0.1) is 4.91 Å². The number of imide groups is 1. The fraction of sp³-hybridized carbons (Fsp3) is 0.222. The highest BCUT2D eigenvalue weighted by atomic mass is 32.2. The van der Waals surface area contributed by atoms with Gasteiger partial charge in [-0.3, -0.25) is 14.5 Å². The van der Waals surface area contributed by atoms with E-state index < -0.39 is 0 Å². The number of thioether (sulfide) groups is 1. The number of carbonyl (C=O) groups excluding carboxylic acids is 2. The zero-order chi connectivity index (χ0) is 17.8. The van der Waals surface area contributed by atoms with Crippen LogP contribution in [0, 0.1) is 5.82 Å². The van der Waals surface area contributed by atoms with Gasteiger partial charge in [0.15, 0.2) is 0 Å². The van der Waals surface area contributed by atoms with Gasteiger partial charge in [0.2, 0.25) is 0 Å². The number of hydrogen-bond donors (Lipinski definition) is 0. The van der Waals surface area contributed by atoms with Crippen LogP contribution in [0.2, 0.25) is 0 Å². The number of ether oxygens (including phenoxy) is 1. The summed E-state index contributed by atoms with van der Waals surface area (Å²) < 4.78 is 19.9. The van der Waals surface area contributed by atoms with Crippen LogP contribution in [0.5, 0.6) is 0 Å². The van der Waals surface area contributed by atoms with Crippen molar-refractivity contribution in [2.45, 2.75) is 6.42 Å². The highest BCUT2D eigenvalue weighted by Gasteiger charge is 2.34. The van der Waals surface area contributed by atoms with Gasteiger partial charge in [0.25, 0.3) is 11.1 Å². The maximum atomic E-state index is 13.1. The van der Waals surface area contributed by atoms with Crippen molar-refractivity contribution in [1.82, 2.24) is 9.47 Å². The van der Waals surface area contributed by atoms with Gasteiger partial charge in [0.1, 0.15) is 5.82 Å². The van der Waals surface area contributed by atoms with Crippen molar-refractivity contribution in [3.8, 4) is 5.69 Å². The van der Waals surface area contributed by atoms with Crippen molar-refractivity contribution in [1.29, 1.82) is 0 Å². The van der Waals surface area contributed by atoms with Crippen LogP contribution in [-0.2, 0) is 9.53 Å². The van der Waals surface area contributed by atoms with E-state index in [-0.39, 0.29) is 17.0 Å². The lowest BCUT2D eigenvalue weighted by atomic mass is 10.3. The maximum Gasteiger partial charge on any atom is 0.293 e. The Labute approximate surface area is 149 Å². The lowest BCUT2D eigenvalue weighted by Gasteiger charge is -2.11. The Morgan fingerprint density at radius 2 is 1.96 bits per heavy atom. The molecule has 0 radical (unpaired) electrons. The molecule has 0 N–H and O–H groups in total. The first-order chi connectivity index (χ1) is 12.1. The number of rotatable bonds is 6. The Hall–Kier alpha value is -2.38. The molecule has 2 amide bonds. The van der Waals surface area contributed by atoms with Crippen LogP contribution in [0.25, 0.3) is 11.8 Å². The lowest BCUT2D eigenvalue weighted by Crippen LogP contribution is -2.29. The number of amides is 2. The second kappa shape index (κ2) is 7.67. The second-order valence-corrected chi connectivity index (χ2v) is 6.45. The van der Waals surface area contributed by atoms with E-state index in [1.807, 2.05) is 22.9 Å². The Morgan fingerprint density at radius 3 is 2.68 bits per heavy atom. The van der Waals surface area contributed by atoms with Crippen LogP contribution in [0.4, 0.5) is 9.18 Å². The molecule has 2 aromatic rings. The van der Waals surface area contributed by atoms with E-state index in [4.69, 9.17) is 4.74 Å². The van der Waals surface area contributed by atoms with Gasteiger partial charge in [-0.1, -0.05) is 0 Å². The minimum absolute atomic E-state index is 0.271. The summed E-state index contributed by atoms with van der Waals surface area (Å²) in [4.78, 5) is 26.1. The molecular formula is C18H17FN2O3S. The van der Waals surface area contributed by atoms with Crippen molar-refractivity contribution in [3.05, 3.63) is 59.0 Å². The van der Waals surface area contributed by atoms with Crippen molar-refractivity contribution >= 4 is 29.0 Å². The van der Waals surface area contributed by atoms with E-state index in [0.717, 1.165) is 23.1 Å². The smallest absolute Gasteiger partial charge is 0.293 e. The first kappa shape index (κ1) is 17.4. The summed E-state index contributed by atoms with van der Waals surface area (Å²) in [6, 6.07) is 9.73. The lowest BCUT2D eigenvalue weighted by molar-refractivity contribution is -0.122. The molecule has 1 aromatic carbocycles. The highest BCUT2D eigenvalue weighted by Crippen LogP contribution is 2.32. The monoisotopic (exact) mass is 360 g/mol. The van der Waals surface area contributed by atoms with Gasteiger partial charge < -0.3 is 9.30 Å². The quantitative estimate of drug-likeness (QED) is 0.582. The number of halogens is 1. The molecule has 1 fully saturated rings. The fourth-order valence-corrected chi connectivity index (χ4v) is 3.39. The van der Waals surface area contributed by atoms with Gasteiger partial charge in [-0.15, -0.1) is 0 Å². The molecule has 0 atom stereocenters. The Bertz CT molecular complexity index is 814. The summed E-state index contributed by atoms with van der Waals surface area (Å²) in [5, 5.41) is -0.271. The molecular weight excluding hydrogens is 343 g/mol. The number of methoxy groups -OCH3 is 1. The van der Waals surface area contributed by atoms with E-state index in [2.05, 4.69) is 0 Å². The van der Waals surface area contributed by atoms with Crippen molar-refractivity contribution in [2.75, 3.05) is 20.3 Å². The van der Waals surface area contributed by atoms with Crippen molar-refractivity contribution < 1.29 is 18.7 Å². The van der Waals surface area contributed by atoms with Crippen LogP contribution in [0.15, 0.2) is 47.5 Å². The number of benzene rings is 1. The molecule has 0 unspecified atom stereocenters. The van der Waals surface area contributed by atoms with Crippen LogP contribution < -0.4 is 0 Å². The third kappa shape index (κ3) is 3.83. The van der Waals surface area contributed by atoms with E-state index in [9.17, 15) is 14.0 Å². The number of nitrogens with zero attached hydrogens (tertiary/aromatic N) is 2. The Morgan fingerprint density at radius 1 is 1.20 bits per heavy atom. The molecule has 1 aromatic heterocycles. The van der Waals surface area contributed by atoms with Gasteiger partial charge in [-0.2, -0.15) is 0 Å². The average molecular weight is 360 g/mol. The molecule has 1 saturated heterocycles. The zero-order valence-electron chi connectivity index (χ0n) is 13.6. The zero-order valence-corrected chi connectivity index (χ0v) is 14.5. The topological polar surface area (TPSA) is 51.5 Å². The van der Waals surface area contributed by atoms with Crippen LogP contribution in [-0.4, -0.2) is 40.9 Å². The van der Waals surface area contributed by atoms with Gasteiger partial charge >= 0.3 is 0 Å². The molecule has 7 heteroatoms. The molecule has 1 aliphatic heterocycles. The minimum atomic E-state index is -0.311. The minimum Gasteiger partial charge on any atom is -0.385 e. The highest BCUT2D eigenvalue weighted by molar-refractivity contribution is 8.18. The molecule has 25 heavy (non-hydrogen) atoms. The molecule has 0 aliphatic carbocycles. The number of carbonyl (C=O) groups is 2. The standard InChI is InChI=1S/C18H17FN2O3S/c1-24-11-3-10-21-17(22)16(25-18(21)23)12-15-4-2-9-20(15)14-7-5-13(19)6-8-14/h2,4-9,12H,3,10-11H2,1H3/b16-12+. The predicted molar refractivity (Wildman–Crippen MR) is 94.9 cm³/mol. The van der Waals surface area contributed by atoms with E-state index >= 15 is 0 Å². The Balaban J connectivity index is 1.82. The first-order valence-electron chi connectivity index (χ1n) is 7.78. The van der Waals surface area contributed by atoms with Crippen molar-refractivity contribution in [2.24, 2.45) is 0 Å². The predicted octanol–water partition coefficient (Wildman–Crippen LogP) is 3.69. The van der Waals surface area contributed by atoms with E-state index in [1.165, 1.54) is 17.0 Å². The van der Waals surface area contributed by atoms with E-state index in [0.29, 0.717) is 24.5 Å². The molecule has 3 rings (SSSR count). The summed E-state index contributed by atoms with van der Waals surface area (Å²) in [7, 11) is 1.58. The van der Waals surface area contributed by atoms with Crippen LogP contribution in [0.1, 0.15) is 12.1 Å². The summed E-state index contributed by atoms with van der Waals surface area (Å²) >= 11 is 0.929. The number of aromatic nitrogens is 1. The number of hydrogen-bond acceptors (Lipinski definition) is 4. The van der Waals surface area contributed by atoms with Gasteiger partial charge in [0, 0.05) is 37.8 Å². The fourth-order valence-electron chi connectivity index (χ4n) is 2.54. The second-order valence-electron chi connectivity index (χ2n) is 5.46. The molecule has 5 nitrogen and oxygen atoms in total. The molecule has 0 spiro atoms. The van der Waals surface area contributed by atoms with Crippen LogP contribution >= 0.6 is 11.8 Å². The molecule has 2 heterocycles. The molecule has 1 aliphatic rings. The van der Waals surface area contributed by atoms with E-state index in [1.54, 1.807) is 25.3 Å². The SMILES string of the molecule is COCCCN1C(=O)S/C(=C/c2cccn2-c2ccc(F)cc2)C1=O. The van der Waals surface area contributed by atoms with Gasteiger partial charge in [-0.05, 0) is 60.7 Å². The first-order valence-corrected chi connectivity index (χ1v) is 8.59. The summed E-state index contributed by atoms with van der Waals surface area (Å²) in [6.45, 7) is 0.836. The van der Waals surface area contributed by atoms with Crippen LogP contribution in [0.3, 0.4) is 0 Å². The largest absolute Gasteiger partial charge is 0.385 e. The third-order valence-corrected chi connectivity index (χ3v) is 4.68. The molecule has 0 saturated carbocycles. The maximum absolute atomic E-state index is 13.1.